The Kier molecular flexibility index (Phi) is 1.99. The molecule has 0 amide bonds. The average Bonchev–Trinajstić information content (AvgIpc) is 1.93. The molecule has 11 heavy (non-hydrogen) atoms. The smallest absolute Gasteiger partial charge is 0.162 e. The Hall–Kier alpha value is -0.850. The van der Waals surface area contributed by atoms with Crippen LogP contribution in [0.5, 0.6) is 0 Å². The van der Waals surface area contributed by atoms with Crippen LogP contribution in [-0.2, 0) is 4.79 Å². The van der Waals surface area contributed by atoms with E-state index in [0.717, 1.165) is 6.42 Å². The summed E-state index contributed by atoms with van der Waals surface area (Å²) in [7, 11) is 0. The highest BCUT2D eigenvalue weighted by atomic mass is 16.1. The van der Waals surface area contributed by atoms with Crippen LogP contribution in [0.4, 0.5) is 0 Å². The summed E-state index contributed by atoms with van der Waals surface area (Å²) in [6.07, 6.45) is 5.46. The van der Waals surface area contributed by atoms with Crippen molar-refractivity contribution in [3.63, 3.8) is 0 Å². The fourth-order valence-electron chi connectivity index (χ4n) is 1.23. The van der Waals surface area contributed by atoms with E-state index in [9.17, 15) is 4.79 Å². The van der Waals surface area contributed by atoms with Gasteiger partial charge >= 0.3 is 0 Å². The molecule has 0 atom stereocenters. The normalized spacial score (nSPS) is 23.5. The lowest BCUT2D eigenvalue weighted by Gasteiger charge is -2.19. The Morgan fingerprint density at radius 1 is 1.55 bits per heavy atom. The zero-order valence-electron chi connectivity index (χ0n) is 7.18. The van der Waals surface area contributed by atoms with Crippen LogP contribution in [0.2, 0.25) is 0 Å². The van der Waals surface area contributed by atoms with E-state index in [-0.39, 0.29) is 11.2 Å². The second-order valence-electron chi connectivity index (χ2n) is 3.90. The minimum atomic E-state index is 0.118. The Balaban J connectivity index is 2.83. The Labute approximate surface area is 67.8 Å². The fourth-order valence-corrected chi connectivity index (χ4v) is 1.23. The molecule has 0 heterocycles. The maximum absolute atomic E-state index is 11.3. The van der Waals surface area contributed by atoms with Crippen LogP contribution in [0.15, 0.2) is 24.3 Å². The molecule has 1 heteroatoms. The third-order valence-electron chi connectivity index (χ3n) is 1.99. The molecule has 0 bridgehead atoms. The van der Waals surface area contributed by atoms with Crippen LogP contribution in [0.25, 0.3) is 0 Å². The molecule has 0 fully saturated rings. The van der Waals surface area contributed by atoms with Gasteiger partial charge in [-0.05, 0) is 11.8 Å². The first-order valence-electron chi connectivity index (χ1n) is 3.90. The van der Waals surface area contributed by atoms with E-state index in [1.165, 1.54) is 0 Å². The van der Waals surface area contributed by atoms with Crippen molar-refractivity contribution in [3.05, 3.63) is 24.3 Å². The maximum Gasteiger partial charge on any atom is 0.162 e. The van der Waals surface area contributed by atoms with Crippen molar-refractivity contribution in [1.29, 1.82) is 0 Å². The molecule has 0 unspecified atom stereocenters. The van der Waals surface area contributed by atoms with Crippen molar-refractivity contribution in [2.24, 2.45) is 5.41 Å². The summed E-state index contributed by atoms with van der Waals surface area (Å²) in [6, 6.07) is 0. The summed E-state index contributed by atoms with van der Waals surface area (Å²) in [5.41, 5.74) is 0.767. The van der Waals surface area contributed by atoms with Crippen LogP contribution in [0.1, 0.15) is 26.7 Å². The maximum atomic E-state index is 11.3. The molecular formula is C10H14O. The monoisotopic (exact) mass is 150 g/mol. The zero-order valence-corrected chi connectivity index (χ0v) is 7.18. The second-order valence-corrected chi connectivity index (χ2v) is 3.90. The van der Waals surface area contributed by atoms with Gasteiger partial charge in [0.2, 0.25) is 0 Å². The predicted molar refractivity (Wildman–Crippen MR) is 46.3 cm³/mol. The van der Waals surface area contributed by atoms with Crippen molar-refractivity contribution < 1.29 is 4.79 Å². The van der Waals surface area contributed by atoms with E-state index < -0.39 is 0 Å². The summed E-state index contributed by atoms with van der Waals surface area (Å²) in [5, 5.41) is 0. The highest BCUT2D eigenvalue weighted by Gasteiger charge is 2.23. The molecule has 0 aliphatic heterocycles. The minimum absolute atomic E-state index is 0.118. The molecule has 0 aromatic heterocycles. The van der Waals surface area contributed by atoms with E-state index in [0.29, 0.717) is 12.0 Å². The summed E-state index contributed by atoms with van der Waals surface area (Å²) >= 11 is 0. The van der Waals surface area contributed by atoms with Gasteiger partial charge in [-0.15, -0.1) is 0 Å². The number of carbonyl (C=O) groups excluding carboxylic acids is 1. The first-order valence-corrected chi connectivity index (χ1v) is 3.90. The lowest BCUT2D eigenvalue weighted by molar-refractivity contribution is -0.116. The lowest BCUT2D eigenvalue weighted by atomic mass is 9.85. The fraction of sp³-hybridized carbons (Fsp3) is 0.500. The molecule has 0 aromatic carbocycles. The topological polar surface area (TPSA) is 17.1 Å². The summed E-state index contributed by atoms with van der Waals surface area (Å²) < 4.78 is 0. The molecule has 0 saturated heterocycles. The van der Waals surface area contributed by atoms with Gasteiger partial charge in [0.05, 0.1) is 0 Å². The predicted octanol–water partition coefficient (Wildman–Crippen LogP) is 2.49. The van der Waals surface area contributed by atoms with Gasteiger partial charge in [-0.25, -0.2) is 0 Å². The summed E-state index contributed by atoms with van der Waals surface area (Å²) in [4.78, 5) is 11.3. The SMILES string of the molecule is C=C1C=CCC(C)(C)CC1=O. The van der Waals surface area contributed by atoms with Crippen LogP contribution in [0.3, 0.4) is 0 Å². The molecular weight excluding hydrogens is 136 g/mol. The van der Waals surface area contributed by atoms with E-state index in [4.69, 9.17) is 0 Å². The number of hydrogen-bond donors (Lipinski definition) is 0. The number of ketones is 1. The highest BCUT2D eigenvalue weighted by Crippen LogP contribution is 2.29. The Bertz CT molecular complexity index is 221. The molecule has 1 aliphatic carbocycles. The number of allylic oxidation sites excluding steroid dienone is 3. The Morgan fingerprint density at radius 2 is 2.18 bits per heavy atom. The second kappa shape index (κ2) is 2.65. The van der Waals surface area contributed by atoms with Crippen LogP contribution in [0, 0.1) is 5.41 Å². The largest absolute Gasteiger partial charge is 0.294 e. The van der Waals surface area contributed by atoms with Gasteiger partial charge in [-0.2, -0.15) is 0 Å². The number of carbonyl (C=O) groups is 1. The van der Waals surface area contributed by atoms with Gasteiger partial charge in [0.25, 0.3) is 0 Å². The van der Waals surface area contributed by atoms with Crippen LogP contribution >= 0.6 is 0 Å². The van der Waals surface area contributed by atoms with Crippen LogP contribution < -0.4 is 0 Å². The third kappa shape index (κ3) is 2.04. The highest BCUT2D eigenvalue weighted by molar-refractivity contribution is 5.98. The van der Waals surface area contributed by atoms with Gasteiger partial charge in [0.15, 0.2) is 5.78 Å². The lowest BCUT2D eigenvalue weighted by Crippen LogP contribution is -2.14. The van der Waals surface area contributed by atoms with Gasteiger partial charge in [-0.1, -0.05) is 32.6 Å². The minimum Gasteiger partial charge on any atom is -0.294 e. The van der Waals surface area contributed by atoms with E-state index >= 15 is 0 Å². The van der Waals surface area contributed by atoms with Crippen molar-refractivity contribution in [1.82, 2.24) is 0 Å². The van der Waals surface area contributed by atoms with Crippen molar-refractivity contribution >= 4 is 5.78 Å². The van der Waals surface area contributed by atoms with E-state index in [1.807, 2.05) is 12.2 Å². The van der Waals surface area contributed by atoms with Gasteiger partial charge in [0.1, 0.15) is 0 Å². The van der Waals surface area contributed by atoms with Gasteiger partial charge in [0, 0.05) is 12.0 Å². The van der Waals surface area contributed by atoms with Gasteiger partial charge in [-0.3, -0.25) is 4.79 Å². The standard InChI is InChI=1S/C10H14O/c1-8-5-4-6-10(2,3)7-9(8)11/h4-5H,1,6-7H2,2-3H3. The average molecular weight is 150 g/mol. The number of rotatable bonds is 0. The molecule has 1 aliphatic rings. The molecule has 0 N–H and O–H groups in total. The Morgan fingerprint density at radius 3 is 2.82 bits per heavy atom. The van der Waals surface area contributed by atoms with Gasteiger partial charge < -0.3 is 0 Å². The molecule has 0 saturated carbocycles. The van der Waals surface area contributed by atoms with Crippen molar-refractivity contribution in [2.75, 3.05) is 0 Å². The first kappa shape index (κ1) is 8.25. The van der Waals surface area contributed by atoms with E-state index in [2.05, 4.69) is 20.4 Å². The molecule has 0 radical (unpaired) electrons. The zero-order chi connectivity index (χ0) is 8.48. The summed E-state index contributed by atoms with van der Waals surface area (Å²) in [5.74, 6) is 0.184. The molecule has 0 aromatic rings. The number of Topliss-reactive ketones (excluding diaryl/α,β-unsaturated/α-hetero) is 1. The summed E-state index contributed by atoms with van der Waals surface area (Å²) in [6.45, 7) is 7.89. The van der Waals surface area contributed by atoms with E-state index in [1.54, 1.807) is 0 Å². The molecule has 0 spiro atoms. The number of hydrogen-bond acceptors (Lipinski definition) is 1. The quantitative estimate of drug-likeness (QED) is 0.485. The first-order chi connectivity index (χ1) is 5.01. The van der Waals surface area contributed by atoms with Crippen LogP contribution in [-0.4, -0.2) is 5.78 Å². The molecule has 1 nitrogen and oxygen atoms in total. The molecule has 1 rings (SSSR count). The van der Waals surface area contributed by atoms with Crippen molar-refractivity contribution in [3.8, 4) is 0 Å². The molecule has 60 valence electrons. The third-order valence-corrected chi connectivity index (χ3v) is 1.99. The van der Waals surface area contributed by atoms with Crippen molar-refractivity contribution in [2.45, 2.75) is 26.7 Å².